The molecule has 140 valence electrons. The van der Waals surface area contributed by atoms with Crippen LogP contribution in [0.3, 0.4) is 0 Å². The third-order valence-corrected chi connectivity index (χ3v) is 5.88. The molecule has 2 fully saturated rings. The number of hydrazone groups is 1. The smallest absolute Gasteiger partial charge is 0.344 e. The van der Waals surface area contributed by atoms with Crippen LogP contribution in [0.2, 0.25) is 0 Å². The lowest BCUT2D eigenvalue weighted by Crippen LogP contribution is -2.28. The molecule has 4 rings (SSSR count). The molecule has 0 aromatic heterocycles. The molecule has 2 bridgehead atoms. The summed E-state index contributed by atoms with van der Waals surface area (Å²) in [5.41, 5.74) is 0.469. The van der Waals surface area contributed by atoms with Gasteiger partial charge in [0.25, 0.3) is 11.8 Å². The normalized spacial score (nSPS) is 29.6. The number of amides is 2. The molecule has 2 aliphatic carbocycles. The third kappa shape index (κ3) is 2.97. The van der Waals surface area contributed by atoms with E-state index in [4.69, 9.17) is 9.84 Å². The number of carbonyl (C=O) groups excluding carboxylic acids is 2. The molecule has 0 spiro atoms. The Balaban J connectivity index is 1.58. The minimum Gasteiger partial charge on any atom is -0.479 e. The minimum absolute atomic E-state index is 0.123. The first-order chi connectivity index (χ1) is 12.9. The second-order valence-electron chi connectivity index (χ2n) is 7.01. The third-order valence-electron chi connectivity index (χ3n) is 5.38. The van der Waals surface area contributed by atoms with Crippen molar-refractivity contribution in [2.45, 2.75) is 19.4 Å². The summed E-state index contributed by atoms with van der Waals surface area (Å²) < 4.78 is 6.17. The molecular formula is C19H17BrN2O5. The van der Waals surface area contributed by atoms with Crippen molar-refractivity contribution in [1.82, 2.24) is 5.01 Å². The van der Waals surface area contributed by atoms with Gasteiger partial charge in [-0.1, -0.05) is 28.1 Å². The van der Waals surface area contributed by atoms with E-state index in [9.17, 15) is 14.4 Å². The van der Waals surface area contributed by atoms with Crippen LogP contribution in [0.4, 0.5) is 0 Å². The van der Waals surface area contributed by atoms with E-state index in [-0.39, 0.29) is 35.5 Å². The summed E-state index contributed by atoms with van der Waals surface area (Å²) in [5, 5.41) is 14.1. The molecule has 27 heavy (non-hydrogen) atoms. The highest BCUT2D eigenvalue weighted by molar-refractivity contribution is 9.10. The molecule has 1 aromatic rings. The lowest BCUT2D eigenvalue weighted by Gasteiger charge is -2.14. The van der Waals surface area contributed by atoms with Gasteiger partial charge in [0.1, 0.15) is 5.75 Å². The average molecular weight is 433 g/mol. The fourth-order valence-electron chi connectivity index (χ4n) is 4.09. The topological polar surface area (TPSA) is 96.3 Å². The molecule has 1 saturated heterocycles. The molecule has 5 atom stereocenters. The number of carboxylic acid groups (broad SMARTS) is 1. The molecule has 1 heterocycles. The average Bonchev–Trinajstić information content (AvgIpc) is 3.30. The highest BCUT2D eigenvalue weighted by Crippen LogP contribution is 2.52. The fraction of sp³-hybridized carbons (Fsp3) is 0.368. The van der Waals surface area contributed by atoms with Crippen LogP contribution in [-0.2, 0) is 14.4 Å². The van der Waals surface area contributed by atoms with Crippen molar-refractivity contribution in [2.75, 3.05) is 0 Å². The van der Waals surface area contributed by atoms with Gasteiger partial charge in [-0.15, -0.1) is 0 Å². The Labute approximate surface area is 163 Å². The highest BCUT2D eigenvalue weighted by Gasteiger charge is 2.59. The zero-order valence-electron chi connectivity index (χ0n) is 14.4. The molecule has 1 N–H and O–H groups in total. The van der Waals surface area contributed by atoms with E-state index in [0.29, 0.717) is 11.3 Å². The second kappa shape index (κ2) is 6.60. The number of halogens is 1. The van der Waals surface area contributed by atoms with E-state index in [0.717, 1.165) is 15.9 Å². The molecular weight excluding hydrogens is 416 g/mol. The number of nitrogens with zero attached hydrogens (tertiary/aromatic N) is 2. The van der Waals surface area contributed by atoms with E-state index < -0.39 is 12.1 Å². The number of hydrogen-bond acceptors (Lipinski definition) is 5. The first kappa shape index (κ1) is 17.9. The summed E-state index contributed by atoms with van der Waals surface area (Å²) in [5.74, 6) is -1.70. The van der Waals surface area contributed by atoms with Gasteiger partial charge >= 0.3 is 5.97 Å². The van der Waals surface area contributed by atoms with Crippen molar-refractivity contribution in [3.63, 3.8) is 0 Å². The number of carbonyl (C=O) groups is 3. The summed E-state index contributed by atoms with van der Waals surface area (Å²) >= 11 is 3.34. The predicted octanol–water partition coefficient (Wildman–Crippen LogP) is 2.44. The Morgan fingerprint density at radius 2 is 1.93 bits per heavy atom. The maximum absolute atomic E-state index is 12.7. The number of rotatable bonds is 5. The van der Waals surface area contributed by atoms with Crippen LogP contribution < -0.4 is 4.74 Å². The van der Waals surface area contributed by atoms with Gasteiger partial charge < -0.3 is 9.84 Å². The van der Waals surface area contributed by atoms with E-state index in [2.05, 4.69) is 21.0 Å². The number of aliphatic carboxylic acids is 1. The number of imide groups is 1. The number of benzene rings is 1. The minimum atomic E-state index is -1.10. The number of carboxylic acids is 1. The Hall–Kier alpha value is -2.48. The Bertz CT molecular complexity index is 866. The van der Waals surface area contributed by atoms with Gasteiger partial charge in [0.05, 0.1) is 18.1 Å². The quantitative estimate of drug-likeness (QED) is 0.437. The van der Waals surface area contributed by atoms with Gasteiger partial charge in [0.2, 0.25) is 0 Å². The van der Waals surface area contributed by atoms with Crippen LogP contribution in [0.15, 0.2) is 39.9 Å². The molecule has 5 unspecified atom stereocenters. The van der Waals surface area contributed by atoms with Gasteiger partial charge in [0, 0.05) is 10.0 Å². The summed E-state index contributed by atoms with van der Waals surface area (Å²) in [6.45, 7) is 1.42. The standard InChI is InChI=1S/C19H17BrN2O5/c1-9(19(25)26)27-14-5-4-13(20)7-12(14)8-21-22-17(23)15-10-2-3-11(6-10)16(15)18(22)24/h2-5,7-11,15-16H,6H2,1H3,(H,25,26). The van der Waals surface area contributed by atoms with Crippen LogP contribution in [0.25, 0.3) is 0 Å². The van der Waals surface area contributed by atoms with Gasteiger partial charge in [0.15, 0.2) is 6.10 Å². The van der Waals surface area contributed by atoms with Crippen LogP contribution in [0.1, 0.15) is 18.9 Å². The largest absolute Gasteiger partial charge is 0.479 e. The van der Waals surface area contributed by atoms with Gasteiger partial charge in [-0.2, -0.15) is 10.1 Å². The molecule has 1 saturated carbocycles. The van der Waals surface area contributed by atoms with Gasteiger partial charge in [-0.3, -0.25) is 9.59 Å². The van der Waals surface area contributed by atoms with Crippen molar-refractivity contribution in [1.29, 1.82) is 0 Å². The summed E-state index contributed by atoms with van der Waals surface area (Å²) in [7, 11) is 0. The maximum atomic E-state index is 12.7. The summed E-state index contributed by atoms with van der Waals surface area (Å²) in [4.78, 5) is 36.4. The summed E-state index contributed by atoms with van der Waals surface area (Å²) in [6.07, 6.45) is 5.23. The molecule has 1 aliphatic heterocycles. The molecule has 1 aromatic carbocycles. The Kier molecular flexibility index (Phi) is 4.38. The van der Waals surface area contributed by atoms with Crippen LogP contribution >= 0.6 is 15.9 Å². The number of allylic oxidation sites excluding steroid dienone is 2. The number of fused-ring (bicyclic) bond motifs is 5. The molecule has 7 nitrogen and oxygen atoms in total. The maximum Gasteiger partial charge on any atom is 0.344 e. The van der Waals surface area contributed by atoms with Crippen molar-refractivity contribution in [3.05, 3.63) is 40.4 Å². The number of hydrogen-bond donors (Lipinski definition) is 1. The van der Waals surface area contributed by atoms with Crippen molar-refractivity contribution in [3.8, 4) is 5.75 Å². The van der Waals surface area contributed by atoms with Crippen molar-refractivity contribution < 1.29 is 24.2 Å². The SMILES string of the molecule is CC(Oc1ccc(Br)cc1C=NN1C(=O)C2C3C=CC(C3)C2C1=O)C(=O)O. The van der Waals surface area contributed by atoms with E-state index in [1.807, 2.05) is 12.2 Å². The molecule has 3 aliphatic rings. The van der Waals surface area contributed by atoms with Crippen molar-refractivity contribution >= 4 is 39.9 Å². The fourth-order valence-corrected chi connectivity index (χ4v) is 4.47. The Morgan fingerprint density at radius 1 is 1.30 bits per heavy atom. The first-order valence-corrected chi connectivity index (χ1v) is 9.45. The number of ether oxygens (including phenoxy) is 1. The summed E-state index contributed by atoms with van der Waals surface area (Å²) in [6, 6.07) is 5.00. The molecule has 2 amide bonds. The first-order valence-electron chi connectivity index (χ1n) is 8.66. The lowest BCUT2D eigenvalue weighted by molar-refractivity contribution is -0.144. The monoisotopic (exact) mass is 432 g/mol. The molecule has 0 radical (unpaired) electrons. The van der Waals surface area contributed by atoms with Crippen LogP contribution in [0.5, 0.6) is 5.75 Å². The van der Waals surface area contributed by atoms with Crippen LogP contribution in [0, 0.1) is 23.7 Å². The van der Waals surface area contributed by atoms with E-state index in [1.165, 1.54) is 13.1 Å². The zero-order valence-corrected chi connectivity index (χ0v) is 16.0. The van der Waals surface area contributed by atoms with Gasteiger partial charge in [-0.05, 0) is 43.4 Å². The van der Waals surface area contributed by atoms with E-state index in [1.54, 1.807) is 18.2 Å². The molecule has 8 heteroatoms. The van der Waals surface area contributed by atoms with E-state index >= 15 is 0 Å². The van der Waals surface area contributed by atoms with Gasteiger partial charge in [-0.25, -0.2) is 4.79 Å². The second-order valence-corrected chi connectivity index (χ2v) is 7.93. The predicted molar refractivity (Wildman–Crippen MR) is 99.0 cm³/mol. The lowest BCUT2D eigenvalue weighted by atomic mass is 9.85. The highest BCUT2D eigenvalue weighted by atomic mass is 79.9. The van der Waals surface area contributed by atoms with Crippen molar-refractivity contribution in [2.24, 2.45) is 28.8 Å². The Morgan fingerprint density at radius 3 is 2.52 bits per heavy atom. The van der Waals surface area contributed by atoms with Crippen LogP contribution in [-0.4, -0.2) is 40.2 Å². The zero-order chi connectivity index (χ0) is 19.3.